The molecule has 3 N–H and O–H groups in total. The highest BCUT2D eigenvalue weighted by atomic mass is 127. The van der Waals surface area contributed by atoms with E-state index in [9.17, 15) is 9.59 Å². The SMILES string of the molecule is Cc1ccc(C(=O)NC(=S)Nc2cccc(C(=O)Nc3cccc(Cl)c3)c2)cc1I. The molecular formula is C22H17ClIN3O2S. The van der Waals surface area contributed by atoms with Crippen molar-refractivity contribution in [2.45, 2.75) is 6.92 Å². The van der Waals surface area contributed by atoms with E-state index >= 15 is 0 Å². The fourth-order valence-electron chi connectivity index (χ4n) is 2.58. The molecule has 3 aromatic rings. The zero-order chi connectivity index (χ0) is 21.7. The average molecular weight is 550 g/mol. The summed E-state index contributed by atoms with van der Waals surface area (Å²) in [5.74, 6) is -0.592. The number of halogens is 2. The Kier molecular flexibility index (Phi) is 7.41. The number of nitrogens with one attached hydrogen (secondary N) is 3. The summed E-state index contributed by atoms with van der Waals surface area (Å²) in [6.45, 7) is 1.98. The van der Waals surface area contributed by atoms with Crippen molar-refractivity contribution in [1.29, 1.82) is 0 Å². The second-order valence-corrected chi connectivity index (χ2v) is 8.42. The van der Waals surface area contributed by atoms with Crippen LogP contribution in [0.5, 0.6) is 0 Å². The molecule has 3 rings (SSSR count). The van der Waals surface area contributed by atoms with Crippen molar-refractivity contribution in [3.8, 4) is 0 Å². The van der Waals surface area contributed by atoms with Gasteiger partial charge < -0.3 is 10.6 Å². The lowest BCUT2D eigenvalue weighted by Gasteiger charge is -2.11. The van der Waals surface area contributed by atoms with Crippen molar-refractivity contribution in [2.24, 2.45) is 0 Å². The number of hydrogen-bond acceptors (Lipinski definition) is 3. The number of carbonyl (C=O) groups is 2. The van der Waals surface area contributed by atoms with E-state index in [1.807, 2.05) is 13.0 Å². The van der Waals surface area contributed by atoms with Crippen LogP contribution in [-0.2, 0) is 0 Å². The maximum Gasteiger partial charge on any atom is 0.257 e. The Bertz CT molecular complexity index is 1140. The van der Waals surface area contributed by atoms with E-state index in [1.165, 1.54) is 0 Å². The van der Waals surface area contributed by atoms with Gasteiger partial charge in [-0.1, -0.05) is 29.8 Å². The van der Waals surface area contributed by atoms with Gasteiger partial charge in [-0.2, -0.15) is 0 Å². The smallest absolute Gasteiger partial charge is 0.257 e. The Hall–Kier alpha value is -2.49. The molecular weight excluding hydrogens is 533 g/mol. The van der Waals surface area contributed by atoms with Gasteiger partial charge >= 0.3 is 0 Å². The zero-order valence-corrected chi connectivity index (χ0v) is 19.6. The quantitative estimate of drug-likeness (QED) is 0.291. The van der Waals surface area contributed by atoms with Crippen molar-refractivity contribution in [2.75, 3.05) is 10.6 Å². The largest absolute Gasteiger partial charge is 0.332 e. The molecule has 0 aliphatic rings. The van der Waals surface area contributed by atoms with E-state index < -0.39 is 0 Å². The van der Waals surface area contributed by atoms with Crippen molar-refractivity contribution in [3.05, 3.63) is 92.0 Å². The minimum absolute atomic E-state index is 0.142. The lowest BCUT2D eigenvalue weighted by Crippen LogP contribution is -2.34. The lowest BCUT2D eigenvalue weighted by molar-refractivity contribution is 0.0976. The normalized spacial score (nSPS) is 10.2. The number of thiocarbonyl (C=S) groups is 1. The molecule has 0 aliphatic heterocycles. The number of hydrogen-bond donors (Lipinski definition) is 3. The predicted octanol–water partition coefficient (Wildman–Crippen LogP) is 5.63. The van der Waals surface area contributed by atoms with Gasteiger partial charge in [-0.05, 0) is 95.8 Å². The Morgan fingerprint density at radius 2 is 1.53 bits per heavy atom. The third-order valence-corrected chi connectivity index (χ3v) is 5.73. The Balaban J connectivity index is 1.64. The summed E-state index contributed by atoms with van der Waals surface area (Å²) in [6.07, 6.45) is 0. The fourth-order valence-corrected chi connectivity index (χ4v) is 3.50. The summed E-state index contributed by atoms with van der Waals surface area (Å²) >= 11 is 13.4. The van der Waals surface area contributed by atoms with Gasteiger partial charge in [0.25, 0.3) is 11.8 Å². The lowest BCUT2D eigenvalue weighted by atomic mass is 10.1. The zero-order valence-electron chi connectivity index (χ0n) is 15.8. The van der Waals surface area contributed by atoms with Crippen molar-refractivity contribution in [3.63, 3.8) is 0 Å². The Labute approximate surface area is 198 Å². The first-order valence-electron chi connectivity index (χ1n) is 8.87. The van der Waals surface area contributed by atoms with E-state index in [2.05, 4.69) is 38.5 Å². The van der Waals surface area contributed by atoms with Crippen molar-refractivity contribution in [1.82, 2.24) is 5.32 Å². The number of amides is 2. The van der Waals surface area contributed by atoms with Gasteiger partial charge in [-0.3, -0.25) is 14.9 Å². The Morgan fingerprint density at radius 3 is 2.23 bits per heavy atom. The van der Waals surface area contributed by atoms with Gasteiger partial charge in [-0.15, -0.1) is 0 Å². The first-order chi connectivity index (χ1) is 14.3. The molecule has 0 aromatic heterocycles. The van der Waals surface area contributed by atoms with E-state index in [0.29, 0.717) is 27.5 Å². The molecule has 0 unspecified atom stereocenters. The second-order valence-electron chi connectivity index (χ2n) is 6.42. The van der Waals surface area contributed by atoms with Crippen LogP contribution in [0.15, 0.2) is 66.7 Å². The third kappa shape index (κ3) is 6.01. The highest BCUT2D eigenvalue weighted by Crippen LogP contribution is 2.17. The van der Waals surface area contributed by atoms with Gasteiger partial charge in [0.2, 0.25) is 0 Å². The summed E-state index contributed by atoms with van der Waals surface area (Å²) in [5.41, 5.74) is 3.23. The summed E-state index contributed by atoms with van der Waals surface area (Å²) < 4.78 is 0.998. The molecule has 0 bridgehead atoms. The van der Waals surface area contributed by atoms with Crippen LogP contribution in [0.1, 0.15) is 26.3 Å². The molecule has 0 heterocycles. The molecule has 30 heavy (non-hydrogen) atoms. The number of anilines is 2. The van der Waals surface area contributed by atoms with E-state index in [1.54, 1.807) is 60.7 Å². The van der Waals surface area contributed by atoms with Crippen LogP contribution in [0.3, 0.4) is 0 Å². The monoisotopic (exact) mass is 549 g/mol. The van der Waals surface area contributed by atoms with Crippen molar-refractivity contribution >= 4 is 74.7 Å². The van der Waals surface area contributed by atoms with Crippen LogP contribution in [-0.4, -0.2) is 16.9 Å². The first-order valence-corrected chi connectivity index (χ1v) is 10.7. The molecule has 8 heteroatoms. The molecule has 0 saturated carbocycles. The summed E-state index contributed by atoms with van der Waals surface area (Å²) in [7, 11) is 0. The van der Waals surface area contributed by atoms with Gasteiger partial charge in [0.1, 0.15) is 0 Å². The maximum absolute atomic E-state index is 12.5. The van der Waals surface area contributed by atoms with Crippen LogP contribution >= 0.6 is 46.4 Å². The minimum Gasteiger partial charge on any atom is -0.332 e. The molecule has 0 spiro atoms. The van der Waals surface area contributed by atoms with Crippen LogP contribution in [0.4, 0.5) is 11.4 Å². The predicted molar refractivity (Wildman–Crippen MR) is 133 cm³/mol. The standard InChI is InChI=1S/C22H17ClIN3O2S/c1-13-8-9-15(11-19(13)24)21(29)27-22(30)26-17-6-2-4-14(10-17)20(28)25-18-7-3-5-16(23)12-18/h2-12H,1H3,(H,25,28)(H2,26,27,29,30). The average Bonchev–Trinajstić information content (AvgIpc) is 2.70. The molecule has 0 saturated heterocycles. The van der Waals surface area contributed by atoms with Gasteiger partial charge in [0.05, 0.1) is 0 Å². The number of aryl methyl sites for hydroxylation is 1. The molecule has 5 nitrogen and oxygen atoms in total. The van der Waals surface area contributed by atoms with Gasteiger partial charge in [0.15, 0.2) is 5.11 Å². The van der Waals surface area contributed by atoms with E-state index in [4.69, 9.17) is 23.8 Å². The third-order valence-electron chi connectivity index (χ3n) is 4.13. The summed E-state index contributed by atoms with van der Waals surface area (Å²) in [5, 5.41) is 9.05. The second kappa shape index (κ2) is 10.0. The highest BCUT2D eigenvalue weighted by molar-refractivity contribution is 14.1. The highest BCUT2D eigenvalue weighted by Gasteiger charge is 2.11. The molecule has 0 radical (unpaired) electrons. The molecule has 0 fully saturated rings. The minimum atomic E-state index is -0.305. The van der Waals surface area contributed by atoms with Crippen LogP contribution in [0, 0.1) is 10.5 Å². The maximum atomic E-state index is 12.5. The molecule has 152 valence electrons. The molecule has 0 aliphatic carbocycles. The number of rotatable bonds is 4. The fraction of sp³-hybridized carbons (Fsp3) is 0.0455. The Morgan fingerprint density at radius 1 is 0.867 bits per heavy atom. The summed E-state index contributed by atoms with van der Waals surface area (Å²) in [6, 6.07) is 19.1. The summed E-state index contributed by atoms with van der Waals surface area (Å²) in [4.78, 5) is 24.9. The van der Waals surface area contributed by atoms with E-state index in [-0.39, 0.29) is 16.9 Å². The van der Waals surface area contributed by atoms with Crippen molar-refractivity contribution < 1.29 is 9.59 Å². The molecule has 0 atom stereocenters. The van der Waals surface area contributed by atoms with Crippen LogP contribution in [0.25, 0.3) is 0 Å². The number of benzene rings is 3. The van der Waals surface area contributed by atoms with Gasteiger partial charge in [-0.25, -0.2) is 0 Å². The first kappa shape index (κ1) is 22.2. The van der Waals surface area contributed by atoms with Crippen LogP contribution < -0.4 is 16.0 Å². The van der Waals surface area contributed by atoms with Gasteiger partial charge in [0, 0.05) is 31.1 Å². The molecule has 2 amide bonds. The topological polar surface area (TPSA) is 70.2 Å². The number of carbonyl (C=O) groups excluding carboxylic acids is 2. The van der Waals surface area contributed by atoms with Crippen LogP contribution in [0.2, 0.25) is 5.02 Å². The van der Waals surface area contributed by atoms with E-state index in [0.717, 1.165) is 9.13 Å². The molecule has 3 aromatic carbocycles.